The van der Waals surface area contributed by atoms with Gasteiger partial charge in [0.2, 0.25) is 0 Å². The van der Waals surface area contributed by atoms with Crippen molar-refractivity contribution < 1.29 is 0 Å². The molecule has 0 amide bonds. The summed E-state index contributed by atoms with van der Waals surface area (Å²) < 4.78 is 2.00. The number of benzene rings is 1. The molecule has 1 saturated heterocycles. The molecule has 19 heavy (non-hydrogen) atoms. The Balaban J connectivity index is 1.85. The lowest BCUT2D eigenvalue weighted by molar-refractivity contribution is 0.537. The second-order valence-electron chi connectivity index (χ2n) is 4.95. The first-order valence-electron chi connectivity index (χ1n) is 6.61. The smallest absolute Gasteiger partial charge is 0.147 e. The van der Waals surface area contributed by atoms with E-state index in [0.717, 1.165) is 36.2 Å². The van der Waals surface area contributed by atoms with Crippen molar-refractivity contribution in [2.24, 2.45) is 0 Å². The average Bonchev–Trinajstić information content (AvgIpc) is 3.01. The van der Waals surface area contributed by atoms with Crippen molar-refractivity contribution >= 4 is 11.6 Å². The molecular weight excluding hydrogens is 260 g/mol. The average molecular weight is 277 g/mol. The van der Waals surface area contributed by atoms with E-state index in [9.17, 15) is 0 Å². The molecular formula is C14H17ClN4. The maximum atomic E-state index is 5.91. The van der Waals surface area contributed by atoms with Gasteiger partial charge in [-0.15, -0.1) is 0 Å². The molecule has 0 bridgehead atoms. The Morgan fingerprint density at radius 2 is 2.16 bits per heavy atom. The van der Waals surface area contributed by atoms with Gasteiger partial charge in [-0.05, 0) is 44.0 Å². The van der Waals surface area contributed by atoms with Crippen LogP contribution in [0.4, 0.5) is 0 Å². The predicted octanol–water partition coefficient (Wildman–Crippen LogP) is 2.71. The summed E-state index contributed by atoms with van der Waals surface area (Å²) in [5.74, 6) is 1.88. The maximum Gasteiger partial charge on any atom is 0.147 e. The van der Waals surface area contributed by atoms with Gasteiger partial charge in [0.1, 0.15) is 11.6 Å². The zero-order chi connectivity index (χ0) is 13.2. The second-order valence-corrected chi connectivity index (χ2v) is 5.39. The zero-order valence-corrected chi connectivity index (χ0v) is 11.7. The highest BCUT2D eigenvalue weighted by Crippen LogP contribution is 2.22. The maximum absolute atomic E-state index is 5.91. The van der Waals surface area contributed by atoms with Crippen LogP contribution >= 0.6 is 11.6 Å². The van der Waals surface area contributed by atoms with Crippen molar-refractivity contribution in [3.8, 4) is 0 Å². The Labute approximate surface area is 117 Å². The van der Waals surface area contributed by atoms with Gasteiger partial charge in [0.05, 0.1) is 12.6 Å². The third-order valence-corrected chi connectivity index (χ3v) is 3.68. The topological polar surface area (TPSA) is 42.7 Å². The summed E-state index contributed by atoms with van der Waals surface area (Å²) in [6, 6.07) is 8.23. The summed E-state index contributed by atoms with van der Waals surface area (Å²) in [6.07, 6.45) is 2.34. The first kappa shape index (κ1) is 12.6. The number of rotatable bonds is 3. The number of aryl methyl sites for hydroxylation is 1. The second kappa shape index (κ2) is 5.31. The van der Waals surface area contributed by atoms with Gasteiger partial charge in [-0.25, -0.2) is 9.67 Å². The van der Waals surface area contributed by atoms with E-state index in [-0.39, 0.29) is 0 Å². The van der Waals surface area contributed by atoms with Crippen molar-refractivity contribution in [1.29, 1.82) is 0 Å². The lowest BCUT2D eigenvalue weighted by Gasteiger charge is -2.11. The fourth-order valence-electron chi connectivity index (χ4n) is 2.51. The molecule has 1 N–H and O–H groups in total. The van der Waals surface area contributed by atoms with Gasteiger partial charge in [-0.2, -0.15) is 5.10 Å². The minimum atomic E-state index is 0.341. The van der Waals surface area contributed by atoms with Gasteiger partial charge < -0.3 is 5.32 Å². The number of halogens is 1. The fraction of sp³-hybridized carbons (Fsp3) is 0.429. The van der Waals surface area contributed by atoms with E-state index in [0.29, 0.717) is 6.04 Å². The summed E-state index contributed by atoms with van der Waals surface area (Å²) in [7, 11) is 0. The summed E-state index contributed by atoms with van der Waals surface area (Å²) in [5.41, 5.74) is 1.19. The number of hydrogen-bond donors (Lipinski definition) is 1. The highest BCUT2D eigenvalue weighted by atomic mass is 35.5. The third kappa shape index (κ3) is 2.80. The largest absolute Gasteiger partial charge is 0.307 e. The molecule has 2 heterocycles. The van der Waals surface area contributed by atoms with Crippen LogP contribution in [0, 0.1) is 6.92 Å². The number of nitrogens with zero attached hydrogens (tertiary/aromatic N) is 3. The molecule has 0 aliphatic carbocycles. The van der Waals surface area contributed by atoms with Crippen LogP contribution in [0.5, 0.6) is 0 Å². The van der Waals surface area contributed by atoms with Crippen LogP contribution in [0.2, 0.25) is 5.02 Å². The van der Waals surface area contributed by atoms with Gasteiger partial charge in [0, 0.05) is 5.02 Å². The molecule has 0 saturated carbocycles. The minimum Gasteiger partial charge on any atom is -0.307 e. The van der Waals surface area contributed by atoms with E-state index >= 15 is 0 Å². The monoisotopic (exact) mass is 276 g/mol. The Hall–Kier alpha value is -1.39. The van der Waals surface area contributed by atoms with Crippen molar-refractivity contribution in [3.63, 3.8) is 0 Å². The summed E-state index contributed by atoms with van der Waals surface area (Å²) >= 11 is 5.91. The van der Waals surface area contributed by atoms with Crippen LogP contribution in [0.3, 0.4) is 0 Å². The molecule has 1 aliphatic heterocycles. The van der Waals surface area contributed by atoms with Crippen LogP contribution < -0.4 is 5.32 Å². The molecule has 0 radical (unpaired) electrons. The minimum absolute atomic E-state index is 0.341. The Kier molecular flexibility index (Phi) is 3.53. The number of aromatic nitrogens is 3. The Morgan fingerprint density at radius 3 is 2.84 bits per heavy atom. The molecule has 2 aromatic rings. The van der Waals surface area contributed by atoms with Gasteiger partial charge in [-0.3, -0.25) is 0 Å². The van der Waals surface area contributed by atoms with Crippen molar-refractivity contribution in [2.45, 2.75) is 32.4 Å². The van der Waals surface area contributed by atoms with E-state index in [1.165, 1.54) is 12.0 Å². The Bertz CT molecular complexity index is 555. The van der Waals surface area contributed by atoms with Gasteiger partial charge >= 0.3 is 0 Å². The van der Waals surface area contributed by atoms with E-state index in [1.54, 1.807) is 0 Å². The molecule has 0 spiro atoms. The third-order valence-electron chi connectivity index (χ3n) is 3.42. The van der Waals surface area contributed by atoms with Crippen LogP contribution in [0.25, 0.3) is 0 Å². The molecule has 0 unspecified atom stereocenters. The summed E-state index contributed by atoms with van der Waals surface area (Å²) in [4.78, 5) is 4.57. The number of hydrogen-bond acceptors (Lipinski definition) is 3. The lowest BCUT2D eigenvalue weighted by Crippen LogP contribution is -2.19. The van der Waals surface area contributed by atoms with Crippen LogP contribution in [-0.4, -0.2) is 21.3 Å². The molecule has 1 aliphatic rings. The van der Waals surface area contributed by atoms with Crippen molar-refractivity contribution in [3.05, 3.63) is 46.5 Å². The standard InChI is InChI=1S/C14H17ClN4/c1-10-17-14(13-3-2-8-16-13)19(18-10)9-11-4-6-12(15)7-5-11/h4-7,13,16H,2-3,8-9H2,1H3/t13-/m1/s1. The van der Waals surface area contributed by atoms with Gasteiger partial charge in [0.25, 0.3) is 0 Å². The number of nitrogens with one attached hydrogen (secondary N) is 1. The molecule has 3 rings (SSSR count). The van der Waals surface area contributed by atoms with E-state index in [2.05, 4.69) is 15.4 Å². The quantitative estimate of drug-likeness (QED) is 0.937. The van der Waals surface area contributed by atoms with Crippen molar-refractivity contribution in [2.75, 3.05) is 6.54 Å². The van der Waals surface area contributed by atoms with Crippen LogP contribution in [-0.2, 0) is 6.54 Å². The SMILES string of the molecule is Cc1nc([C@H]2CCCN2)n(Cc2ccc(Cl)cc2)n1. The fourth-order valence-corrected chi connectivity index (χ4v) is 2.64. The summed E-state index contributed by atoms with van der Waals surface area (Å²) in [6.45, 7) is 3.75. The lowest BCUT2D eigenvalue weighted by atomic mass is 10.2. The van der Waals surface area contributed by atoms with E-state index in [1.807, 2.05) is 35.9 Å². The molecule has 4 nitrogen and oxygen atoms in total. The van der Waals surface area contributed by atoms with E-state index in [4.69, 9.17) is 11.6 Å². The van der Waals surface area contributed by atoms with Crippen LogP contribution in [0.15, 0.2) is 24.3 Å². The first-order valence-corrected chi connectivity index (χ1v) is 6.99. The normalized spacial score (nSPS) is 18.9. The van der Waals surface area contributed by atoms with Gasteiger partial charge in [-0.1, -0.05) is 23.7 Å². The van der Waals surface area contributed by atoms with Crippen LogP contribution in [0.1, 0.15) is 36.1 Å². The molecule has 100 valence electrons. The van der Waals surface area contributed by atoms with Gasteiger partial charge in [0.15, 0.2) is 0 Å². The molecule has 1 fully saturated rings. The first-order chi connectivity index (χ1) is 9.22. The zero-order valence-electron chi connectivity index (χ0n) is 10.9. The molecule has 1 atom stereocenters. The molecule has 5 heteroatoms. The predicted molar refractivity (Wildman–Crippen MR) is 75.3 cm³/mol. The highest BCUT2D eigenvalue weighted by molar-refractivity contribution is 6.30. The molecule has 1 aromatic heterocycles. The van der Waals surface area contributed by atoms with Crippen molar-refractivity contribution in [1.82, 2.24) is 20.1 Å². The molecule has 1 aromatic carbocycles. The Morgan fingerprint density at radius 1 is 1.37 bits per heavy atom. The van der Waals surface area contributed by atoms with E-state index < -0.39 is 0 Å². The summed E-state index contributed by atoms with van der Waals surface area (Å²) in [5, 5.41) is 8.74. The highest BCUT2D eigenvalue weighted by Gasteiger charge is 2.22.